The Hall–Kier alpha value is -0.980. The third kappa shape index (κ3) is 2.34. The maximum absolute atomic E-state index is 2.72. The van der Waals surface area contributed by atoms with Gasteiger partial charge in [-0.15, -0.1) is 0 Å². The predicted molar refractivity (Wildman–Crippen MR) is 110 cm³/mol. The van der Waals surface area contributed by atoms with E-state index in [1.165, 1.54) is 64.3 Å². The highest BCUT2D eigenvalue weighted by Gasteiger charge is 2.56. The first-order valence-corrected chi connectivity index (χ1v) is 11.3. The van der Waals surface area contributed by atoms with Gasteiger partial charge in [-0.2, -0.15) is 0 Å². The number of hydrogen-bond acceptors (Lipinski definition) is 1. The Morgan fingerprint density at radius 1 is 1.00 bits per heavy atom. The molecule has 0 bridgehead atoms. The van der Waals surface area contributed by atoms with E-state index in [4.69, 9.17) is 0 Å². The monoisotopic (exact) mass is 351 g/mol. The molecule has 6 atom stereocenters. The molecule has 5 rings (SSSR count). The molecule has 0 aromatic heterocycles. The van der Waals surface area contributed by atoms with Crippen molar-refractivity contribution in [2.24, 2.45) is 28.6 Å². The van der Waals surface area contributed by atoms with E-state index in [1.807, 2.05) is 5.57 Å². The van der Waals surface area contributed by atoms with Gasteiger partial charge in [-0.1, -0.05) is 43.2 Å². The second kappa shape index (κ2) is 6.01. The van der Waals surface area contributed by atoms with E-state index >= 15 is 0 Å². The fourth-order valence-corrected chi connectivity index (χ4v) is 7.69. The van der Waals surface area contributed by atoms with Gasteiger partial charge < -0.3 is 4.90 Å². The zero-order valence-corrected chi connectivity index (χ0v) is 17.1. The van der Waals surface area contributed by atoms with Gasteiger partial charge in [0.2, 0.25) is 0 Å². The van der Waals surface area contributed by atoms with Gasteiger partial charge in [-0.05, 0) is 99.5 Å². The summed E-state index contributed by atoms with van der Waals surface area (Å²) in [6.45, 7) is 8.91. The van der Waals surface area contributed by atoms with E-state index < -0.39 is 0 Å². The summed E-state index contributed by atoms with van der Waals surface area (Å²) in [6, 6.07) is 0.770. The van der Waals surface area contributed by atoms with Gasteiger partial charge in [0.1, 0.15) is 0 Å². The normalized spacial score (nSPS) is 47.6. The number of rotatable bonds is 1. The molecule has 0 spiro atoms. The first-order chi connectivity index (χ1) is 12.5. The first kappa shape index (κ1) is 17.1. The summed E-state index contributed by atoms with van der Waals surface area (Å²) in [7, 11) is 0. The van der Waals surface area contributed by atoms with Crippen LogP contribution in [0.4, 0.5) is 0 Å². The smallest absolute Gasteiger partial charge is 0.0321 e. The zero-order valence-electron chi connectivity index (χ0n) is 17.1. The highest BCUT2D eigenvalue weighted by atomic mass is 15.1. The lowest BCUT2D eigenvalue weighted by Crippen LogP contribution is -2.51. The molecule has 0 N–H and O–H groups in total. The maximum atomic E-state index is 2.72. The highest BCUT2D eigenvalue weighted by molar-refractivity contribution is 5.29. The van der Waals surface area contributed by atoms with Gasteiger partial charge in [0, 0.05) is 12.6 Å². The van der Waals surface area contributed by atoms with Crippen LogP contribution in [0.15, 0.2) is 35.6 Å². The molecule has 5 aliphatic rings. The first-order valence-electron chi connectivity index (χ1n) is 11.3. The van der Waals surface area contributed by atoms with Crippen LogP contribution in [0.5, 0.6) is 0 Å². The van der Waals surface area contributed by atoms with E-state index in [-0.39, 0.29) is 0 Å². The minimum atomic E-state index is 0.497. The fraction of sp³-hybridized carbons (Fsp3) is 0.760. The third-order valence-corrected chi connectivity index (χ3v) is 9.60. The summed E-state index contributed by atoms with van der Waals surface area (Å²) >= 11 is 0. The van der Waals surface area contributed by atoms with Crippen molar-refractivity contribution in [3.63, 3.8) is 0 Å². The number of fused-ring (bicyclic) bond motifs is 5. The van der Waals surface area contributed by atoms with Crippen molar-refractivity contribution in [1.82, 2.24) is 4.90 Å². The van der Waals surface area contributed by atoms with Gasteiger partial charge in [0.05, 0.1) is 0 Å². The number of nitrogens with zero attached hydrogens (tertiary/aromatic N) is 1. The third-order valence-electron chi connectivity index (χ3n) is 9.60. The lowest BCUT2D eigenvalue weighted by atomic mass is 9.47. The molecule has 0 aromatic carbocycles. The lowest BCUT2D eigenvalue weighted by molar-refractivity contribution is -0.0229. The van der Waals surface area contributed by atoms with Gasteiger partial charge in [0.25, 0.3) is 0 Å². The molecule has 0 radical (unpaired) electrons. The van der Waals surface area contributed by atoms with Crippen LogP contribution in [0.3, 0.4) is 0 Å². The van der Waals surface area contributed by atoms with Crippen LogP contribution in [-0.2, 0) is 0 Å². The van der Waals surface area contributed by atoms with Crippen LogP contribution in [-0.4, -0.2) is 17.5 Å². The quantitative estimate of drug-likeness (QED) is 0.488. The van der Waals surface area contributed by atoms with Crippen molar-refractivity contribution >= 4 is 0 Å². The minimum Gasteiger partial charge on any atom is -0.374 e. The zero-order chi connectivity index (χ0) is 17.9. The van der Waals surface area contributed by atoms with Crippen molar-refractivity contribution in [3.05, 3.63) is 35.6 Å². The highest BCUT2D eigenvalue weighted by Crippen LogP contribution is 2.65. The van der Waals surface area contributed by atoms with Crippen molar-refractivity contribution in [3.8, 4) is 0 Å². The van der Waals surface area contributed by atoms with E-state index in [1.54, 1.807) is 5.57 Å². The molecular formula is C25H37N. The van der Waals surface area contributed by atoms with E-state index in [0.29, 0.717) is 10.8 Å². The molecule has 4 aliphatic carbocycles. The molecule has 0 amide bonds. The van der Waals surface area contributed by atoms with Crippen LogP contribution < -0.4 is 0 Å². The summed E-state index contributed by atoms with van der Waals surface area (Å²) < 4.78 is 0. The number of hydrogen-bond donors (Lipinski definition) is 0. The maximum Gasteiger partial charge on any atom is 0.0321 e. The molecule has 1 nitrogen and oxygen atoms in total. The second-order valence-electron chi connectivity index (χ2n) is 10.5. The summed E-state index contributed by atoms with van der Waals surface area (Å²) in [5.41, 5.74) is 4.54. The average Bonchev–Trinajstić information content (AvgIpc) is 2.97. The van der Waals surface area contributed by atoms with Crippen LogP contribution in [0.25, 0.3) is 0 Å². The van der Waals surface area contributed by atoms with Gasteiger partial charge in [0.15, 0.2) is 0 Å². The molecule has 0 aromatic rings. The largest absolute Gasteiger partial charge is 0.374 e. The Kier molecular flexibility index (Phi) is 3.96. The Bertz CT molecular complexity index is 670. The summed E-state index contributed by atoms with van der Waals surface area (Å²) in [5, 5.41) is 0. The Labute approximate surface area is 160 Å². The Morgan fingerprint density at radius 3 is 2.65 bits per heavy atom. The average molecular weight is 352 g/mol. The molecule has 3 unspecified atom stereocenters. The molecule has 2 fully saturated rings. The van der Waals surface area contributed by atoms with E-state index in [9.17, 15) is 0 Å². The van der Waals surface area contributed by atoms with Crippen LogP contribution in [0.1, 0.15) is 78.6 Å². The van der Waals surface area contributed by atoms with Crippen molar-refractivity contribution in [1.29, 1.82) is 0 Å². The summed E-state index contributed by atoms with van der Waals surface area (Å²) in [4.78, 5) is 2.66. The Balaban J connectivity index is 1.39. The lowest BCUT2D eigenvalue weighted by Gasteiger charge is -2.58. The predicted octanol–water partition coefficient (Wildman–Crippen LogP) is 6.48. The van der Waals surface area contributed by atoms with E-state index in [0.717, 1.165) is 23.8 Å². The van der Waals surface area contributed by atoms with Crippen molar-refractivity contribution < 1.29 is 0 Å². The summed E-state index contributed by atoms with van der Waals surface area (Å²) in [5.74, 6) is 2.79. The van der Waals surface area contributed by atoms with E-state index in [2.05, 4.69) is 50.1 Å². The molecule has 1 heterocycles. The number of allylic oxidation sites excluding steroid dienone is 4. The summed E-state index contributed by atoms with van der Waals surface area (Å²) in [6.07, 6.45) is 22.5. The molecule has 1 aliphatic heterocycles. The van der Waals surface area contributed by atoms with Crippen LogP contribution in [0, 0.1) is 28.6 Å². The van der Waals surface area contributed by atoms with Gasteiger partial charge in [-0.25, -0.2) is 0 Å². The fourth-order valence-electron chi connectivity index (χ4n) is 7.69. The van der Waals surface area contributed by atoms with Crippen molar-refractivity contribution in [2.45, 2.75) is 84.6 Å². The van der Waals surface area contributed by atoms with Crippen LogP contribution in [0.2, 0.25) is 0 Å². The van der Waals surface area contributed by atoms with Crippen LogP contribution >= 0.6 is 0 Å². The van der Waals surface area contributed by atoms with Crippen molar-refractivity contribution in [2.75, 3.05) is 6.54 Å². The SMILES string of the molecule is CC1=CCC2C3CC=C4C[C@@H](N5C=CCCC5)CC[C@]4(C)C3CC[C@]12C. The topological polar surface area (TPSA) is 3.24 Å². The standard InChI is InChI=1S/C25H37N/c1-18-7-10-22-21-9-8-19-17-20(26-15-5-4-6-16-26)11-13-25(19,3)23(21)12-14-24(18,22)2/h5,7-8,15,20-23H,4,6,9-14,16-17H2,1-3H3/t20-,21?,22?,23?,24+,25-/m0/s1. The Morgan fingerprint density at radius 2 is 1.85 bits per heavy atom. The molecule has 142 valence electrons. The van der Waals surface area contributed by atoms with Gasteiger partial charge in [-0.3, -0.25) is 0 Å². The molecule has 26 heavy (non-hydrogen) atoms. The molecule has 0 saturated heterocycles. The molecule has 1 heteroatoms. The molecule has 2 saturated carbocycles. The molecular weight excluding hydrogens is 314 g/mol. The second-order valence-corrected chi connectivity index (χ2v) is 10.5. The minimum absolute atomic E-state index is 0.497. The van der Waals surface area contributed by atoms with Gasteiger partial charge >= 0.3 is 0 Å².